The van der Waals surface area contributed by atoms with E-state index < -0.39 is 0 Å². The first-order valence-electron chi connectivity index (χ1n) is 4.73. The summed E-state index contributed by atoms with van der Waals surface area (Å²) >= 11 is 3.25. The van der Waals surface area contributed by atoms with E-state index in [-0.39, 0.29) is 12.5 Å². The summed E-state index contributed by atoms with van der Waals surface area (Å²) in [4.78, 5) is 15.4. The summed E-state index contributed by atoms with van der Waals surface area (Å²) in [5.74, 6) is -0.137. The summed E-state index contributed by atoms with van der Waals surface area (Å²) < 4.78 is 0.783. The van der Waals surface area contributed by atoms with Gasteiger partial charge in [-0.15, -0.1) is 0 Å². The predicted octanol–water partition coefficient (Wildman–Crippen LogP) is 1.35. The van der Waals surface area contributed by atoms with Gasteiger partial charge in [-0.05, 0) is 34.8 Å². The number of amides is 1. The van der Waals surface area contributed by atoms with Gasteiger partial charge in [-0.3, -0.25) is 9.78 Å². The summed E-state index contributed by atoms with van der Waals surface area (Å²) in [6.45, 7) is 0.736. The molecular formula is C10H13BrN2O2. The summed E-state index contributed by atoms with van der Waals surface area (Å²) in [5, 5.41) is 11.3. The average Bonchev–Trinajstić information content (AvgIpc) is 2.24. The third-order valence-corrected chi connectivity index (χ3v) is 2.27. The molecule has 4 nitrogen and oxygen atoms in total. The van der Waals surface area contributed by atoms with Crippen LogP contribution in [0.25, 0.3) is 0 Å². The van der Waals surface area contributed by atoms with Crippen molar-refractivity contribution in [3.8, 4) is 0 Å². The van der Waals surface area contributed by atoms with E-state index in [2.05, 4.69) is 26.2 Å². The van der Waals surface area contributed by atoms with Gasteiger partial charge >= 0.3 is 0 Å². The molecule has 2 N–H and O–H groups in total. The number of aliphatic hydroxyl groups excluding tert-OH is 1. The van der Waals surface area contributed by atoms with Crippen molar-refractivity contribution in [3.05, 3.63) is 28.5 Å². The number of nitrogens with zero attached hydrogens (tertiary/aromatic N) is 1. The number of aliphatic hydroxyl groups is 1. The third-order valence-electron chi connectivity index (χ3n) is 1.84. The molecule has 0 spiro atoms. The molecule has 1 rings (SSSR count). The van der Waals surface area contributed by atoms with Gasteiger partial charge < -0.3 is 10.4 Å². The molecule has 0 bridgehead atoms. The zero-order valence-electron chi connectivity index (χ0n) is 8.24. The fraction of sp³-hybridized carbons (Fsp3) is 0.400. The molecule has 0 aliphatic carbocycles. The van der Waals surface area contributed by atoms with Crippen LogP contribution < -0.4 is 5.32 Å². The van der Waals surface area contributed by atoms with Crippen LogP contribution in [-0.2, 0) is 0 Å². The molecule has 5 heteroatoms. The van der Waals surface area contributed by atoms with Crippen molar-refractivity contribution in [2.24, 2.45) is 0 Å². The van der Waals surface area contributed by atoms with Gasteiger partial charge in [0.2, 0.25) is 0 Å². The van der Waals surface area contributed by atoms with E-state index in [1.165, 1.54) is 6.20 Å². The molecule has 1 aromatic heterocycles. The number of carbonyl (C=O) groups is 1. The Morgan fingerprint density at radius 1 is 1.47 bits per heavy atom. The van der Waals surface area contributed by atoms with Crippen LogP contribution in [0.5, 0.6) is 0 Å². The van der Waals surface area contributed by atoms with Crippen LogP contribution in [0.1, 0.15) is 23.2 Å². The Hall–Kier alpha value is -0.940. The lowest BCUT2D eigenvalue weighted by Crippen LogP contribution is -2.24. The van der Waals surface area contributed by atoms with E-state index in [9.17, 15) is 4.79 Å². The van der Waals surface area contributed by atoms with Crippen LogP contribution >= 0.6 is 15.9 Å². The molecule has 0 aromatic carbocycles. The van der Waals surface area contributed by atoms with Gasteiger partial charge in [0, 0.05) is 30.0 Å². The Balaban J connectivity index is 2.40. The number of carbonyl (C=O) groups excluding carboxylic acids is 1. The Morgan fingerprint density at radius 3 is 2.93 bits per heavy atom. The Kier molecular flexibility index (Phi) is 5.28. The molecule has 1 amide bonds. The fourth-order valence-corrected chi connectivity index (χ4v) is 1.44. The largest absolute Gasteiger partial charge is 0.396 e. The molecule has 0 radical (unpaired) electrons. The van der Waals surface area contributed by atoms with Crippen LogP contribution in [-0.4, -0.2) is 29.1 Å². The second-order valence-electron chi connectivity index (χ2n) is 3.08. The number of rotatable bonds is 5. The predicted molar refractivity (Wildman–Crippen MR) is 60.6 cm³/mol. The number of aromatic nitrogens is 1. The zero-order chi connectivity index (χ0) is 11.1. The molecule has 0 aliphatic heterocycles. The van der Waals surface area contributed by atoms with E-state index >= 15 is 0 Å². The number of hydrogen-bond donors (Lipinski definition) is 2. The molecule has 0 fully saturated rings. The minimum atomic E-state index is -0.137. The van der Waals surface area contributed by atoms with Crippen molar-refractivity contribution in [2.45, 2.75) is 12.8 Å². The zero-order valence-corrected chi connectivity index (χ0v) is 9.83. The SMILES string of the molecule is O=C(NCCCCO)c1cncc(Br)c1. The minimum Gasteiger partial charge on any atom is -0.396 e. The van der Waals surface area contributed by atoms with Gasteiger partial charge in [-0.25, -0.2) is 0 Å². The molecular weight excluding hydrogens is 260 g/mol. The van der Waals surface area contributed by atoms with Crippen molar-refractivity contribution < 1.29 is 9.90 Å². The number of nitrogens with one attached hydrogen (secondary N) is 1. The Bertz CT molecular complexity index is 331. The van der Waals surface area contributed by atoms with Crippen LogP contribution in [0.4, 0.5) is 0 Å². The summed E-state index contributed by atoms with van der Waals surface area (Å²) in [6, 6.07) is 1.72. The van der Waals surface area contributed by atoms with Crippen LogP contribution in [0, 0.1) is 0 Å². The normalized spacial score (nSPS) is 10.0. The number of hydrogen-bond acceptors (Lipinski definition) is 3. The van der Waals surface area contributed by atoms with Crippen molar-refractivity contribution in [2.75, 3.05) is 13.2 Å². The average molecular weight is 273 g/mol. The third kappa shape index (κ3) is 4.40. The maximum atomic E-state index is 11.5. The molecule has 0 saturated carbocycles. The monoisotopic (exact) mass is 272 g/mol. The second kappa shape index (κ2) is 6.53. The van der Waals surface area contributed by atoms with Crippen LogP contribution in [0.15, 0.2) is 22.9 Å². The highest BCUT2D eigenvalue weighted by Gasteiger charge is 2.04. The van der Waals surface area contributed by atoms with Crippen molar-refractivity contribution >= 4 is 21.8 Å². The van der Waals surface area contributed by atoms with E-state index in [1.807, 2.05) is 0 Å². The molecule has 1 aromatic rings. The quantitative estimate of drug-likeness (QED) is 0.796. The molecule has 0 atom stereocenters. The minimum absolute atomic E-state index is 0.137. The van der Waals surface area contributed by atoms with Crippen molar-refractivity contribution in [3.63, 3.8) is 0 Å². The standard InChI is InChI=1S/C10H13BrN2O2/c11-9-5-8(6-12-7-9)10(15)13-3-1-2-4-14/h5-7,14H,1-4H2,(H,13,15). The van der Waals surface area contributed by atoms with Gasteiger partial charge in [0.15, 0.2) is 0 Å². The molecule has 0 unspecified atom stereocenters. The maximum Gasteiger partial charge on any atom is 0.252 e. The smallest absolute Gasteiger partial charge is 0.252 e. The summed E-state index contributed by atoms with van der Waals surface area (Å²) in [5.41, 5.74) is 0.536. The Labute approximate surface area is 96.8 Å². The van der Waals surface area contributed by atoms with Crippen molar-refractivity contribution in [1.29, 1.82) is 0 Å². The molecule has 15 heavy (non-hydrogen) atoms. The fourth-order valence-electron chi connectivity index (χ4n) is 1.08. The van der Waals surface area contributed by atoms with E-state index in [4.69, 9.17) is 5.11 Å². The lowest BCUT2D eigenvalue weighted by Gasteiger charge is -2.04. The van der Waals surface area contributed by atoms with Crippen LogP contribution in [0.2, 0.25) is 0 Å². The first-order valence-corrected chi connectivity index (χ1v) is 5.53. The van der Waals surface area contributed by atoms with Gasteiger partial charge in [-0.1, -0.05) is 0 Å². The first kappa shape index (κ1) is 12.1. The number of halogens is 1. The topological polar surface area (TPSA) is 62.2 Å². The molecule has 1 heterocycles. The van der Waals surface area contributed by atoms with Gasteiger partial charge in [-0.2, -0.15) is 0 Å². The van der Waals surface area contributed by atoms with Gasteiger partial charge in [0.25, 0.3) is 5.91 Å². The highest BCUT2D eigenvalue weighted by molar-refractivity contribution is 9.10. The number of pyridine rings is 1. The summed E-state index contributed by atoms with van der Waals surface area (Å²) in [7, 11) is 0. The maximum absolute atomic E-state index is 11.5. The van der Waals surface area contributed by atoms with Crippen molar-refractivity contribution in [1.82, 2.24) is 10.3 Å². The second-order valence-corrected chi connectivity index (χ2v) is 3.99. The lowest BCUT2D eigenvalue weighted by atomic mass is 10.2. The van der Waals surface area contributed by atoms with E-state index in [1.54, 1.807) is 12.3 Å². The van der Waals surface area contributed by atoms with Crippen LogP contribution in [0.3, 0.4) is 0 Å². The van der Waals surface area contributed by atoms with Gasteiger partial charge in [0.1, 0.15) is 0 Å². The lowest BCUT2D eigenvalue weighted by molar-refractivity contribution is 0.0951. The molecule has 0 aliphatic rings. The Morgan fingerprint density at radius 2 is 2.27 bits per heavy atom. The number of unbranched alkanes of at least 4 members (excludes halogenated alkanes) is 1. The van der Waals surface area contributed by atoms with E-state index in [0.717, 1.165) is 10.9 Å². The van der Waals surface area contributed by atoms with Gasteiger partial charge in [0.05, 0.1) is 5.56 Å². The molecule has 0 saturated heterocycles. The highest BCUT2D eigenvalue weighted by Crippen LogP contribution is 2.09. The first-order chi connectivity index (χ1) is 7.24. The molecule has 82 valence electrons. The summed E-state index contributed by atoms with van der Waals surface area (Å²) in [6.07, 6.45) is 4.63. The highest BCUT2D eigenvalue weighted by atomic mass is 79.9. The van der Waals surface area contributed by atoms with E-state index in [0.29, 0.717) is 18.5 Å².